The Morgan fingerprint density at radius 1 is 1.40 bits per heavy atom. The average molecular weight is 213 g/mol. The lowest BCUT2D eigenvalue weighted by Gasteiger charge is -2.31. The number of esters is 1. The summed E-state index contributed by atoms with van der Waals surface area (Å²) >= 11 is 0. The average Bonchev–Trinajstić information content (AvgIpc) is 2.22. The molecule has 1 rings (SSSR count). The standard InChI is InChI=1S/C11H19NO3/c1-3-10(11(14)15-4-2)12-7-5-9(13)6-8-12/h10H,3-8H2,1-2H3. The Bertz CT molecular complexity index is 230. The highest BCUT2D eigenvalue weighted by Gasteiger charge is 2.28. The highest BCUT2D eigenvalue weighted by molar-refractivity contribution is 5.80. The Morgan fingerprint density at radius 3 is 2.47 bits per heavy atom. The number of hydrogen-bond donors (Lipinski definition) is 0. The fourth-order valence-electron chi connectivity index (χ4n) is 1.90. The molecule has 0 amide bonds. The Morgan fingerprint density at radius 2 is 2.00 bits per heavy atom. The molecule has 15 heavy (non-hydrogen) atoms. The number of nitrogens with zero attached hydrogens (tertiary/aromatic N) is 1. The molecule has 1 aliphatic rings. The van der Waals surface area contributed by atoms with Crippen LogP contribution in [-0.2, 0) is 14.3 Å². The molecule has 86 valence electrons. The van der Waals surface area contributed by atoms with Crippen LogP contribution < -0.4 is 0 Å². The molecule has 0 aromatic rings. The molecule has 1 fully saturated rings. The number of likely N-dealkylation sites (tertiary alicyclic amines) is 1. The van der Waals surface area contributed by atoms with Crippen molar-refractivity contribution in [2.75, 3.05) is 19.7 Å². The highest BCUT2D eigenvalue weighted by Crippen LogP contribution is 2.13. The van der Waals surface area contributed by atoms with Gasteiger partial charge in [0.05, 0.1) is 6.61 Å². The zero-order valence-corrected chi connectivity index (χ0v) is 9.49. The van der Waals surface area contributed by atoms with E-state index in [1.165, 1.54) is 0 Å². The van der Waals surface area contributed by atoms with Crippen LogP contribution in [0.3, 0.4) is 0 Å². The van der Waals surface area contributed by atoms with Gasteiger partial charge in [0, 0.05) is 25.9 Å². The Hall–Kier alpha value is -0.900. The van der Waals surface area contributed by atoms with Crippen LogP contribution in [0.15, 0.2) is 0 Å². The first kappa shape index (κ1) is 12.2. The van der Waals surface area contributed by atoms with E-state index in [1.807, 2.05) is 13.8 Å². The summed E-state index contributed by atoms with van der Waals surface area (Å²) in [6, 6.07) is -0.168. The number of hydrogen-bond acceptors (Lipinski definition) is 4. The van der Waals surface area contributed by atoms with Crippen LogP contribution in [0, 0.1) is 0 Å². The molecule has 1 atom stereocenters. The van der Waals surface area contributed by atoms with Crippen molar-refractivity contribution in [1.29, 1.82) is 0 Å². The fraction of sp³-hybridized carbons (Fsp3) is 0.818. The minimum absolute atomic E-state index is 0.158. The number of carbonyl (C=O) groups excluding carboxylic acids is 2. The van der Waals surface area contributed by atoms with E-state index in [1.54, 1.807) is 0 Å². The summed E-state index contributed by atoms with van der Waals surface area (Å²) in [5.74, 6) is 0.138. The van der Waals surface area contributed by atoms with Gasteiger partial charge in [-0.3, -0.25) is 14.5 Å². The summed E-state index contributed by atoms with van der Waals surface area (Å²) in [7, 11) is 0. The van der Waals surface area contributed by atoms with Crippen molar-refractivity contribution < 1.29 is 14.3 Å². The van der Waals surface area contributed by atoms with Crippen LogP contribution in [-0.4, -0.2) is 42.4 Å². The first-order chi connectivity index (χ1) is 7.19. The van der Waals surface area contributed by atoms with Crippen LogP contribution in [0.5, 0.6) is 0 Å². The minimum Gasteiger partial charge on any atom is -0.465 e. The molecular formula is C11H19NO3. The van der Waals surface area contributed by atoms with E-state index in [-0.39, 0.29) is 12.0 Å². The van der Waals surface area contributed by atoms with Gasteiger partial charge < -0.3 is 4.74 Å². The molecule has 0 saturated carbocycles. The third-order valence-electron chi connectivity index (χ3n) is 2.74. The van der Waals surface area contributed by atoms with Gasteiger partial charge in [-0.05, 0) is 13.3 Å². The molecule has 0 N–H and O–H groups in total. The maximum absolute atomic E-state index is 11.6. The van der Waals surface area contributed by atoms with Gasteiger partial charge in [0.15, 0.2) is 0 Å². The molecule has 0 aromatic carbocycles. The van der Waals surface area contributed by atoms with Gasteiger partial charge in [0.1, 0.15) is 11.8 Å². The first-order valence-electron chi connectivity index (χ1n) is 5.61. The van der Waals surface area contributed by atoms with Gasteiger partial charge in [-0.15, -0.1) is 0 Å². The molecule has 4 nitrogen and oxygen atoms in total. The lowest BCUT2D eigenvalue weighted by Crippen LogP contribution is -2.46. The van der Waals surface area contributed by atoms with Gasteiger partial charge in [-0.25, -0.2) is 0 Å². The summed E-state index contributed by atoms with van der Waals surface area (Å²) in [5, 5.41) is 0. The lowest BCUT2D eigenvalue weighted by molar-refractivity contribution is -0.151. The number of carbonyl (C=O) groups is 2. The van der Waals surface area contributed by atoms with Crippen LogP contribution in [0.2, 0.25) is 0 Å². The maximum atomic E-state index is 11.6. The van der Waals surface area contributed by atoms with E-state index < -0.39 is 0 Å². The second kappa shape index (κ2) is 5.85. The fourth-order valence-corrected chi connectivity index (χ4v) is 1.90. The van der Waals surface area contributed by atoms with Crippen molar-refractivity contribution in [2.24, 2.45) is 0 Å². The third-order valence-corrected chi connectivity index (χ3v) is 2.74. The molecule has 0 aromatic heterocycles. The molecular weight excluding hydrogens is 194 g/mol. The predicted molar refractivity (Wildman–Crippen MR) is 56.5 cm³/mol. The summed E-state index contributed by atoms with van der Waals surface area (Å²) in [6.07, 6.45) is 1.87. The molecule has 1 saturated heterocycles. The van der Waals surface area contributed by atoms with Crippen molar-refractivity contribution in [3.63, 3.8) is 0 Å². The van der Waals surface area contributed by atoms with Gasteiger partial charge in [-0.2, -0.15) is 0 Å². The monoisotopic (exact) mass is 213 g/mol. The third kappa shape index (κ3) is 3.30. The second-order valence-electron chi connectivity index (χ2n) is 3.75. The zero-order chi connectivity index (χ0) is 11.3. The minimum atomic E-state index is -0.168. The van der Waals surface area contributed by atoms with Gasteiger partial charge in [0.2, 0.25) is 0 Å². The molecule has 1 aliphatic heterocycles. The van der Waals surface area contributed by atoms with Crippen molar-refractivity contribution in [3.8, 4) is 0 Å². The van der Waals surface area contributed by atoms with E-state index in [2.05, 4.69) is 4.90 Å². The number of piperidine rings is 1. The number of ketones is 1. The first-order valence-corrected chi connectivity index (χ1v) is 5.61. The summed E-state index contributed by atoms with van der Waals surface area (Å²) < 4.78 is 5.01. The summed E-state index contributed by atoms with van der Waals surface area (Å²) in [4.78, 5) is 24.7. The predicted octanol–water partition coefficient (Wildman–Crippen LogP) is 0.993. The van der Waals surface area contributed by atoms with E-state index in [9.17, 15) is 9.59 Å². The number of ether oxygens (including phenoxy) is 1. The summed E-state index contributed by atoms with van der Waals surface area (Å²) in [6.45, 7) is 5.58. The highest BCUT2D eigenvalue weighted by atomic mass is 16.5. The van der Waals surface area contributed by atoms with Crippen LogP contribution in [0.4, 0.5) is 0 Å². The molecule has 4 heteroatoms. The maximum Gasteiger partial charge on any atom is 0.323 e. The normalized spacial score (nSPS) is 20.0. The van der Waals surface area contributed by atoms with E-state index >= 15 is 0 Å². The van der Waals surface area contributed by atoms with Crippen LogP contribution in [0.25, 0.3) is 0 Å². The Kier molecular flexibility index (Phi) is 4.75. The van der Waals surface area contributed by atoms with Crippen molar-refractivity contribution >= 4 is 11.8 Å². The van der Waals surface area contributed by atoms with Gasteiger partial charge in [0.25, 0.3) is 0 Å². The van der Waals surface area contributed by atoms with E-state index in [0.29, 0.717) is 38.3 Å². The Labute approximate surface area is 90.6 Å². The molecule has 1 unspecified atom stereocenters. The van der Waals surface area contributed by atoms with Gasteiger partial charge >= 0.3 is 5.97 Å². The molecule has 1 heterocycles. The van der Waals surface area contributed by atoms with E-state index in [4.69, 9.17) is 4.74 Å². The molecule has 0 radical (unpaired) electrons. The summed E-state index contributed by atoms with van der Waals surface area (Å²) in [5.41, 5.74) is 0. The van der Waals surface area contributed by atoms with Gasteiger partial charge in [-0.1, -0.05) is 6.92 Å². The molecule has 0 aliphatic carbocycles. The van der Waals surface area contributed by atoms with Crippen LogP contribution >= 0.6 is 0 Å². The quantitative estimate of drug-likeness (QED) is 0.653. The Balaban J connectivity index is 2.50. The molecule has 0 bridgehead atoms. The molecule has 0 spiro atoms. The van der Waals surface area contributed by atoms with Crippen molar-refractivity contribution in [3.05, 3.63) is 0 Å². The number of rotatable bonds is 4. The van der Waals surface area contributed by atoms with Crippen LogP contribution in [0.1, 0.15) is 33.1 Å². The zero-order valence-electron chi connectivity index (χ0n) is 9.49. The lowest BCUT2D eigenvalue weighted by atomic mass is 10.1. The van der Waals surface area contributed by atoms with Crippen molar-refractivity contribution in [2.45, 2.75) is 39.2 Å². The SMILES string of the molecule is CCOC(=O)C(CC)N1CCC(=O)CC1. The number of Topliss-reactive ketones (excluding diaryl/α,β-unsaturated/α-hetero) is 1. The van der Waals surface area contributed by atoms with E-state index in [0.717, 1.165) is 6.42 Å². The second-order valence-corrected chi connectivity index (χ2v) is 3.75. The van der Waals surface area contributed by atoms with Crippen molar-refractivity contribution in [1.82, 2.24) is 4.90 Å². The smallest absolute Gasteiger partial charge is 0.323 e. The topological polar surface area (TPSA) is 46.6 Å². The largest absolute Gasteiger partial charge is 0.465 e.